The van der Waals surface area contributed by atoms with Gasteiger partial charge in [-0.1, -0.05) is 62.6 Å². The number of pyridine rings is 1. The Bertz CT molecular complexity index is 1430. The van der Waals surface area contributed by atoms with Crippen LogP contribution in [-0.2, 0) is 12.8 Å². The molecule has 1 aromatic heterocycles. The largest absolute Gasteiger partial charge is 0.352 e. The van der Waals surface area contributed by atoms with Crippen LogP contribution in [0, 0.1) is 11.6 Å². The highest BCUT2D eigenvalue weighted by molar-refractivity contribution is 6.09. The highest BCUT2D eigenvalue weighted by Gasteiger charge is 2.25. The molecule has 1 amide bonds. The van der Waals surface area contributed by atoms with Crippen LogP contribution >= 0.6 is 0 Å². The summed E-state index contributed by atoms with van der Waals surface area (Å²) in [7, 11) is 0. The van der Waals surface area contributed by atoms with Crippen molar-refractivity contribution in [2.24, 2.45) is 0 Å². The van der Waals surface area contributed by atoms with Gasteiger partial charge in [0.2, 0.25) is 0 Å². The predicted molar refractivity (Wildman–Crippen MR) is 141 cm³/mol. The molecular weight excluding hydrogens is 454 g/mol. The molecule has 36 heavy (non-hydrogen) atoms. The maximum atomic E-state index is 14.5. The molecule has 5 rings (SSSR count). The minimum Gasteiger partial charge on any atom is -0.352 e. The maximum Gasteiger partial charge on any atom is 0.252 e. The molecule has 1 aliphatic carbocycles. The van der Waals surface area contributed by atoms with Crippen molar-refractivity contribution < 1.29 is 13.6 Å². The van der Waals surface area contributed by atoms with E-state index >= 15 is 0 Å². The van der Waals surface area contributed by atoms with Gasteiger partial charge in [-0.25, -0.2) is 13.8 Å². The summed E-state index contributed by atoms with van der Waals surface area (Å²) in [5.41, 5.74) is 6.15. The van der Waals surface area contributed by atoms with Gasteiger partial charge in [-0.3, -0.25) is 4.79 Å². The number of nitrogens with one attached hydrogen (secondary N) is 1. The van der Waals surface area contributed by atoms with Crippen molar-refractivity contribution in [3.8, 4) is 22.4 Å². The minimum atomic E-state index is -0.384. The Balaban J connectivity index is 1.60. The molecule has 1 aliphatic rings. The number of rotatable bonds is 7. The second kappa shape index (κ2) is 10.6. The average molecular weight is 485 g/mol. The second-order valence-corrected chi connectivity index (χ2v) is 9.50. The summed E-state index contributed by atoms with van der Waals surface area (Å²) in [6, 6.07) is 17.1. The van der Waals surface area contributed by atoms with Crippen LogP contribution < -0.4 is 5.32 Å². The van der Waals surface area contributed by atoms with Crippen LogP contribution in [0.15, 0.2) is 60.7 Å². The molecule has 0 radical (unpaired) electrons. The van der Waals surface area contributed by atoms with Gasteiger partial charge in [0.05, 0.1) is 16.8 Å². The molecule has 0 spiro atoms. The van der Waals surface area contributed by atoms with E-state index in [1.54, 1.807) is 18.2 Å². The summed E-state index contributed by atoms with van der Waals surface area (Å²) in [5.74, 6) is -0.813. The molecule has 0 fully saturated rings. The van der Waals surface area contributed by atoms with Crippen LogP contribution in [-0.4, -0.2) is 17.4 Å². The van der Waals surface area contributed by atoms with Crippen LogP contribution in [0.3, 0.4) is 0 Å². The van der Waals surface area contributed by atoms with E-state index in [-0.39, 0.29) is 17.5 Å². The summed E-state index contributed by atoms with van der Waals surface area (Å²) in [5, 5.41) is 3.62. The number of amides is 1. The van der Waals surface area contributed by atoms with E-state index in [4.69, 9.17) is 4.98 Å². The summed E-state index contributed by atoms with van der Waals surface area (Å²) in [4.78, 5) is 18.4. The molecule has 3 nitrogen and oxygen atoms in total. The van der Waals surface area contributed by atoms with Gasteiger partial charge in [0, 0.05) is 23.1 Å². The van der Waals surface area contributed by atoms with E-state index in [9.17, 15) is 13.6 Å². The smallest absolute Gasteiger partial charge is 0.252 e. The van der Waals surface area contributed by atoms with Crippen molar-refractivity contribution in [3.05, 3.63) is 89.0 Å². The molecular formula is C31H30F2N2O. The molecule has 184 valence electrons. The van der Waals surface area contributed by atoms with E-state index in [1.807, 2.05) is 24.3 Å². The summed E-state index contributed by atoms with van der Waals surface area (Å²) in [6.07, 6.45) is 6.53. The Morgan fingerprint density at radius 2 is 1.81 bits per heavy atom. The number of carbonyl (C=O) groups excluding carboxylic acids is 1. The highest BCUT2D eigenvalue weighted by Crippen LogP contribution is 2.38. The Morgan fingerprint density at radius 1 is 0.944 bits per heavy atom. The molecule has 0 atom stereocenters. The number of hydrogen-bond acceptors (Lipinski definition) is 2. The lowest BCUT2D eigenvalue weighted by Crippen LogP contribution is -2.26. The third-order valence-corrected chi connectivity index (χ3v) is 7.01. The first kappa shape index (κ1) is 24.1. The highest BCUT2D eigenvalue weighted by atomic mass is 19.1. The lowest BCUT2D eigenvalue weighted by atomic mass is 9.93. The Kier molecular flexibility index (Phi) is 7.08. The van der Waals surface area contributed by atoms with Gasteiger partial charge in [-0.05, 0) is 66.6 Å². The number of fused-ring (bicyclic) bond motifs is 4. The molecule has 5 heteroatoms. The first-order valence-corrected chi connectivity index (χ1v) is 12.9. The lowest BCUT2D eigenvalue weighted by molar-refractivity contribution is 0.0953. The third kappa shape index (κ3) is 4.75. The Hall–Kier alpha value is -3.60. The molecule has 3 aromatic carbocycles. The Morgan fingerprint density at radius 3 is 2.64 bits per heavy atom. The van der Waals surface area contributed by atoms with Crippen molar-refractivity contribution in [2.75, 3.05) is 6.54 Å². The molecule has 0 aliphatic heterocycles. The number of aromatic nitrogens is 1. The van der Waals surface area contributed by atoms with Gasteiger partial charge >= 0.3 is 0 Å². The standard InChI is InChI=1S/C31H30F2N2O/c1-2-3-4-7-17-34-31(36)29-25-11-8-9-20-18-21(23-10-5-6-12-27(23)33)13-15-24(20)30(25)35-28-16-14-22(32)19-26(28)29/h5-6,10,12-16,18-19H,2-4,7-9,11,17H2,1H3,(H,34,36). The number of carbonyl (C=O) groups is 1. The summed E-state index contributed by atoms with van der Waals surface area (Å²) >= 11 is 0. The molecule has 1 N–H and O–H groups in total. The summed E-state index contributed by atoms with van der Waals surface area (Å²) in [6.45, 7) is 2.75. The number of nitrogens with zero attached hydrogens (tertiary/aromatic N) is 1. The van der Waals surface area contributed by atoms with Gasteiger partial charge in [0.15, 0.2) is 0 Å². The van der Waals surface area contributed by atoms with E-state index in [0.29, 0.717) is 35.0 Å². The topological polar surface area (TPSA) is 42.0 Å². The first-order valence-electron chi connectivity index (χ1n) is 12.9. The van der Waals surface area contributed by atoms with Crippen LogP contribution in [0.5, 0.6) is 0 Å². The van der Waals surface area contributed by atoms with Crippen LogP contribution in [0.4, 0.5) is 8.78 Å². The van der Waals surface area contributed by atoms with Crippen molar-refractivity contribution in [3.63, 3.8) is 0 Å². The fourth-order valence-corrected chi connectivity index (χ4v) is 5.19. The molecule has 4 aromatic rings. The fraction of sp³-hybridized carbons (Fsp3) is 0.290. The number of halogens is 2. The first-order chi connectivity index (χ1) is 17.6. The minimum absolute atomic E-state index is 0.174. The van der Waals surface area contributed by atoms with Crippen LogP contribution in [0.1, 0.15) is 60.5 Å². The average Bonchev–Trinajstić information content (AvgIpc) is 3.06. The van der Waals surface area contributed by atoms with Gasteiger partial charge in [0.1, 0.15) is 11.6 Å². The zero-order chi connectivity index (χ0) is 25.1. The quantitative estimate of drug-likeness (QED) is 0.274. The molecule has 0 unspecified atom stereocenters. The summed E-state index contributed by atoms with van der Waals surface area (Å²) < 4.78 is 28.7. The van der Waals surface area contributed by atoms with Crippen molar-refractivity contribution in [1.29, 1.82) is 0 Å². The molecule has 0 saturated carbocycles. The molecule has 0 bridgehead atoms. The number of hydrogen-bond donors (Lipinski definition) is 1. The van der Waals surface area contributed by atoms with Crippen LogP contribution in [0.2, 0.25) is 0 Å². The van der Waals surface area contributed by atoms with Crippen molar-refractivity contribution in [2.45, 2.75) is 51.9 Å². The number of unbranched alkanes of at least 4 members (excludes halogenated alkanes) is 3. The number of aryl methyl sites for hydroxylation is 1. The van der Waals surface area contributed by atoms with Gasteiger partial charge < -0.3 is 5.32 Å². The SMILES string of the molecule is CCCCCCNC(=O)c1c2c(nc3ccc(F)cc13)-c1ccc(-c3ccccc3F)cc1CCC2. The molecule has 1 heterocycles. The van der Waals surface area contributed by atoms with Gasteiger partial charge in [-0.2, -0.15) is 0 Å². The van der Waals surface area contributed by atoms with E-state index < -0.39 is 0 Å². The monoisotopic (exact) mass is 484 g/mol. The predicted octanol–water partition coefficient (Wildman–Crippen LogP) is 7.65. The zero-order valence-electron chi connectivity index (χ0n) is 20.5. The zero-order valence-corrected chi connectivity index (χ0v) is 20.5. The van der Waals surface area contributed by atoms with E-state index in [0.717, 1.165) is 66.5 Å². The molecule has 0 saturated heterocycles. The normalized spacial score (nSPS) is 12.6. The Labute approximate surface area is 210 Å². The van der Waals surface area contributed by atoms with E-state index in [2.05, 4.69) is 12.2 Å². The van der Waals surface area contributed by atoms with Gasteiger partial charge in [-0.15, -0.1) is 0 Å². The third-order valence-electron chi connectivity index (χ3n) is 7.01. The maximum absolute atomic E-state index is 14.5. The fourth-order valence-electron chi connectivity index (χ4n) is 5.19. The van der Waals surface area contributed by atoms with Gasteiger partial charge in [0.25, 0.3) is 5.91 Å². The lowest BCUT2D eigenvalue weighted by Gasteiger charge is -2.17. The number of benzene rings is 3. The van der Waals surface area contributed by atoms with E-state index in [1.165, 1.54) is 18.2 Å². The van der Waals surface area contributed by atoms with Crippen molar-refractivity contribution >= 4 is 16.8 Å². The van der Waals surface area contributed by atoms with Crippen LogP contribution in [0.25, 0.3) is 33.3 Å². The van der Waals surface area contributed by atoms with Crippen molar-refractivity contribution in [1.82, 2.24) is 10.3 Å². The second-order valence-electron chi connectivity index (χ2n) is 9.50.